The minimum absolute atomic E-state index is 0.0461. The van der Waals surface area contributed by atoms with E-state index < -0.39 is 14.0 Å². The smallest absolute Gasteiger partial charge is 0.0776 e. The molecule has 0 spiro atoms. The van der Waals surface area contributed by atoms with Crippen molar-refractivity contribution in [2.75, 3.05) is 0 Å². The Bertz CT molecular complexity index is 253. The Hall–Kier alpha value is 0.0200. The van der Waals surface area contributed by atoms with Crippen LogP contribution in [0.3, 0.4) is 0 Å². The first kappa shape index (κ1) is 16.1. The molecule has 18 heavy (non-hydrogen) atoms. The second-order valence-corrected chi connectivity index (χ2v) is 6.25. The standard InChI is InChI=1S/C14H28O3P/c1-5-9-13(10-6-2,11-7-3)14(12-8-4)16-18(15)17-14/h5-12H2,1-4H3/q+1. The average molecular weight is 275 g/mol. The van der Waals surface area contributed by atoms with E-state index in [0.29, 0.717) is 0 Å². The number of hydrogen-bond donors (Lipinski definition) is 0. The van der Waals surface area contributed by atoms with Crippen molar-refractivity contribution < 1.29 is 13.6 Å². The second-order valence-electron chi connectivity index (χ2n) is 5.44. The van der Waals surface area contributed by atoms with Gasteiger partial charge in [0.05, 0.1) is 0 Å². The van der Waals surface area contributed by atoms with E-state index in [-0.39, 0.29) is 5.41 Å². The molecule has 0 saturated carbocycles. The Morgan fingerprint density at radius 2 is 1.33 bits per heavy atom. The van der Waals surface area contributed by atoms with Crippen LogP contribution in [0, 0.1) is 5.41 Å². The molecule has 1 aliphatic heterocycles. The van der Waals surface area contributed by atoms with Crippen molar-refractivity contribution in [3.63, 3.8) is 0 Å². The molecule has 1 saturated heterocycles. The van der Waals surface area contributed by atoms with Gasteiger partial charge in [-0.3, -0.25) is 0 Å². The van der Waals surface area contributed by atoms with Crippen LogP contribution < -0.4 is 0 Å². The van der Waals surface area contributed by atoms with Crippen molar-refractivity contribution in [2.45, 2.75) is 84.8 Å². The first-order chi connectivity index (χ1) is 8.59. The molecular formula is C14H28O3P+. The van der Waals surface area contributed by atoms with Crippen molar-refractivity contribution in [2.24, 2.45) is 5.41 Å². The Morgan fingerprint density at radius 1 is 0.889 bits per heavy atom. The summed E-state index contributed by atoms with van der Waals surface area (Å²) in [5.74, 6) is -0.572. The Labute approximate surface area is 113 Å². The van der Waals surface area contributed by atoms with Crippen molar-refractivity contribution >= 4 is 8.25 Å². The van der Waals surface area contributed by atoms with Gasteiger partial charge in [-0.05, 0) is 19.3 Å². The molecule has 0 N–H and O–H groups in total. The number of rotatable bonds is 9. The van der Waals surface area contributed by atoms with Crippen LogP contribution >= 0.6 is 8.25 Å². The molecule has 1 fully saturated rings. The fourth-order valence-electron chi connectivity index (χ4n) is 3.51. The number of hydrogen-bond acceptors (Lipinski definition) is 3. The van der Waals surface area contributed by atoms with Crippen LogP contribution in [0.25, 0.3) is 0 Å². The van der Waals surface area contributed by atoms with Crippen LogP contribution in [-0.4, -0.2) is 5.79 Å². The zero-order valence-electron chi connectivity index (χ0n) is 12.3. The predicted octanol–water partition coefficient (Wildman–Crippen LogP) is 5.57. The fraction of sp³-hybridized carbons (Fsp3) is 1.00. The van der Waals surface area contributed by atoms with Crippen LogP contribution in [0.4, 0.5) is 0 Å². The molecule has 106 valence electrons. The second kappa shape index (κ2) is 6.98. The van der Waals surface area contributed by atoms with E-state index in [0.717, 1.165) is 51.4 Å². The highest BCUT2D eigenvalue weighted by Gasteiger charge is 2.69. The van der Waals surface area contributed by atoms with Gasteiger partial charge in [-0.25, -0.2) is 0 Å². The zero-order valence-corrected chi connectivity index (χ0v) is 13.2. The highest BCUT2D eigenvalue weighted by molar-refractivity contribution is 7.34. The Balaban J connectivity index is 2.99. The van der Waals surface area contributed by atoms with Gasteiger partial charge in [0.2, 0.25) is 0 Å². The lowest BCUT2D eigenvalue weighted by Gasteiger charge is -2.46. The molecule has 0 aromatic rings. The third-order valence-electron chi connectivity index (χ3n) is 4.02. The molecular weight excluding hydrogens is 247 g/mol. The monoisotopic (exact) mass is 275 g/mol. The molecule has 0 radical (unpaired) electrons. The summed E-state index contributed by atoms with van der Waals surface area (Å²) < 4.78 is 22.7. The lowest BCUT2D eigenvalue weighted by atomic mass is 9.68. The summed E-state index contributed by atoms with van der Waals surface area (Å²) in [5.41, 5.74) is 0.0461. The molecule has 0 atom stereocenters. The molecule has 4 heteroatoms. The highest BCUT2D eigenvalue weighted by atomic mass is 31.1. The van der Waals surface area contributed by atoms with Crippen LogP contribution in [0.2, 0.25) is 0 Å². The van der Waals surface area contributed by atoms with E-state index in [1.165, 1.54) is 0 Å². The summed E-state index contributed by atoms with van der Waals surface area (Å²) >= 11 is 0. The molecule has 0 aromatic heterocycles. The van der Waals surface area contributed by atoms with E-state index in [9.17, 15) is 4.57 Å². The maximum absolute atomic E-state index is 11.4. The third-order valence-corrected chi connectivity index (χ3v) is 4.90. The first-order valence-electron chi connectivity index (χ1n) is 7.45. The highest BCUT2D eigenvalue weighted by Crippen LogP contribution is 2.62. The van der Waals surface area contributed by atoms with Gasteiger partial charge in [0.25, 0.3) is 5.79 Å². The predicted molar refractivity (Wildman–Crippen MR) is 74.6 cm³/mol. The van der Waals surface area contributed by atoms with E-state index in [1.807, 2.05) is 0 Å². The normalized spacial score (nSPS) is 26.1. The van der Waals surface area contributed by atoms with E-state index in [4.69, 9.17) is 9.05 Å². The van der Waals surface area contributed by atoms with Gasteiger partial charge in [0, 0.05) is 16.4 Å². The Morgan fingerprint density at radius 3 is 1.61 bits per heavy atom. The largest absolute Gasteiger partial charge is 0.703 e. The van der Waals surface area contributed by atoms with Crippen molar-refractivity contribution in [3.8, 4) is 0 Å². The van der Waals surface area contributed by atoms with Gasteiger partial charge in [0.15, 0.2) is 0 Å². The lowest BCUT2D eigenvalue weighted by molar-refractivity contribution is -0.273. The van der Waals surface area contributed by atoms with Gasteiger partial charge in [-0.15, -0.1) is 0 Å². The van der Waals surface area contributed by atoms with Crippen LogP contribution in [-0.2, 0) is 13.6 Å². The van der Waals surface area contributed by atoms with Crippen molar-refractivity contribution in [3.05, 3.63) is 0 Å². The summed E-state index contributed by atoms with van der Waals surface area (Å²) in [4.78, 5) is 0. The van der Waals surface area contributed by atoms with Gasteiger partial charge in [0.1, 0.15) is 0 Å². The van der Waals surface area contributed by atoms with Gasteiger partial charge >= 0.3 is 8.25 Å². The van der Waals surface area contributed by atoms with Crippen LogP contribution in [0.5, 0.6) is 0 Å². The van der Waals surface area contributed by atoms with Crippen LogP contribution in [0.1, 0.15) is 79.1 Å². The molecule has 0 bridgehead atoms. The van der Waals surface area contributed by atoms with Gasteiger partial charge in [-0.2, -0.15) is 0 Å². The summed E-state index contributed by atoms with van der Waals surface area (Å²) in [6, 6.07) is 0. The van der Waals surface area contributed by atoms with E-state index >= 15 is 0 Å². The summed E-state index contributed by atoms with van der Waals surface area (Å²) in [7, 11) is -1.86. The Kier molecular flexibility index (Phi) is 6.23. The molecule has 3 nitrogen and oxygen atoms in total. The maximum atomic E-state index is 11.4. The summed E-state index contributed by atoms with van der Waals surface area (Å²) in [6.45, 7) is 8.75. The summed E-state index contributed by atoms with van der Waals surface area (Å²) in [6.07, 6.45) is 8.50. The van der Waals surface area contributed by atoms with Crippen LogP contribution in [0.15, 0.2) is 0 Å². The first-order valence-corrected chi connectivity index (χ1v) is 8.54. The molecule has 0 aliphatic carbocycles. The summed E-state index contributed by atoms with van der Waals surface area (Å²) in [5, 5.41) is 0. The minimum Gasteiger partial charge on any atom is -0.0776 e. The van der Waals surface area contributed by atoms with Gasteiger partial charge in [-0.1, -0.05) is 62.4 Å². The zero-order chi connectivity index (χ0) is 13.6. The van der Waals surface area contributed by atoms with Gasteiger partial charge < -0.3 is 0 Å². The molecule has 1 aliphatic rings. The van der Waals surface area contributed by atoms with E-state index in [1.54, 1.807) is 0 Å². The van der Waals surface area contributed by atoms with Crippen molar-refractivity contribution in [1.29, 1.82) is 0 Å². The van der Waals surface area contributed by atoms with Crippen molar-refractivity contribution in [1.82, 2.24) is 0 Å². The molecule has 0 unspecified atom stereocenters. The maximum Gasteiger partial charge on any atom is 0.703 e. The third kappa shape index (κ3) is 2.95. The fourth-order valence-corrected chi connectivity index (χ4v) is 4.57. The molecule has 0 amide bonds. The van der Waals surface area contributed by atoms with E-state index in [2.05, 4.69) is 27.7 Å². The molecule has 1 heterocycles. The topological polar surface area (TPSA) is 35.5 Å². The SMILES string of the molecule is CCCC(CCC)(CCC)C1(CCC)O[P+](=O)O1. The quantitative estimate of drug-likeness (QED) is 0.516. The average Bonchev–Trinajstić information content (AvgIpc) is 2.27. The lowest BCUT2D eigenvalue weighted by Crippen LogP contribution is -2.55. The molecule has 0 aromatic carbocycles. The minimum atomic E-state index is -1.86. The molecule has 1 rings (SSSR count).